The van der Waals surface area contributed by atoms with Crippen LogP contribution in [-0.2, 0) is 6.42 Å². The van der Waals surface area contributed by atoms with Gasteiger partial charge in [-0.15, -0.1) is 0 Å². The Balaban J connectivity index is 2.31. The number of rotatable bonds is 3. The molecule has 3 nitrogen and oxygen atoms in total. The van der Waals surface area contributed by atoms with Crippen LogP contribution in [0, 0.1) is 6.92 Å². The van der Waals surface area contributed by atoms with E-state index in [4.69, 9.17) is 17.3 Å². The summed E-state index contributed by atoms with van der Waals surface area (Å²) in [6, 6.07) is 14.0. The van der Waals surface area contributed by atoms with E-state index < -0.39 is 0 Å². The quantitative estimate of drug-likeness (QED) is 0.678. The van der Waals surface area contributed by atoms with E-state index >= 15 is 0 Å². The maximum absolute atomic E-state index is 6.25. The number of benzene rings is 2. The summed E-state index contributed by atoms with van der Waals surface area (Å²) < 4.78 is 0. The summed E-state index contributed by atoms with van der Waals surface area (Å²) in [4.78, 5) is 6.30. The topological polar surface area (TPSA) is 41.6 Å². The van der Waals surface area contributed by atoms with Crippen LogP contribution in [0.1, 0.15) is 18.1 Å². The van der Waals surface area contributed by atoms with Crippen LogP contribution in [0.3, 0.4) is 0 Å². The number of nitrogens with zero attached hydrogens (tertiary/aromatic N) is 2. The largest absolute Gasteiger partial charge is 0.369 e. The van der Waals surface area contributed by atoms with Crippen molar-refractivity contribution in [3.05, 3.63) is 58.6 Å². The first kappa shape index (κ1) is 15.4. The third kappa shape index (κ3) is 3.56. The predicted octanol–water partition coefficient (Wildman–Crippen LogP) is 4.29. The van der Waals surface area contributed by atoms with Gasteiger partial charge in [-0.2, -0.15) is 0 Å². The van der Waals surface area contributed by atoms with Gasteiger partial charge in [0, 0.05) is 12.7 Å². The second-order valence-electron chi connectivity index (χ2n) is 4.96. The first-order valence-corrected chi connectivity index (χ1v) is 7.32. The molecule has 0 fully saturated rings. The van der Waals surface area contributed by atoms with Crippen LogP contribution in [0.4, 0.5) is 11.4 Å². The van der Waals surface area contributed by atoms with Gasteiger partial charge in [0.15, 0.2) is 0 Å². The number of anilines is 1. The summed E-state index contributed by atoms with van der Waals surface area (Å²) in [6.45, 7) is 4.08. The monoisotopic (exact) mass is 301 g/mol. The van der Waals surface area contributed by atoms with Gasteiger partial charge >= 0.3 is 0 Å². The lowest BCUT2D eigenvalue weighted by molar-refractivity contribution is 1.13. The number of aliphatic imine (C=N–C) groups is 1. The molecule has 0 atom stereocenters. The van der Waals surface area contributed by atoms with Gasteiger partial charge in [0.2, 0.25) is 5.96 Å². The Kier molecular flexibility index (Phi) is 4.86. The molecule has 0 aliphatic rings. The number of halogens is 1. The molecule has 0 bridgehead atoms. The Bertz CT molecular complexity index is 665. The fourth-order valence-electron chi connectivity index (χ4n) is 2.03. The summed E-state index contributed by atoms with van der Waals surface area (Å²) in [6.07, 6.45) is 0.989. The van der Waals surface area contributed by atoms with Crippen molar-refractivity contribution in [2.75, 3.05) is 11.9 Å². The number of nitrogens with two attached hydrogens (primary N) is 1. The molecule has 4 heteroatoms. The molecule has 0 aliphatic heterocycles. The number of hydrogen-bond acceptors (Lipinski definition) is 1. The molecular formula is C17H20ClN3. The Morgan fingerprint density at radius 1 is 1.24 bits per heavy atom. The van der Waals surface area contributed by atoms with Crippen molar-refractivity contribution in [1.82, 2.24) is 0 Å². The summed E-state index contributed by atoms with van der Waals surface area (Å²) in [5, 5.41) is 0.635. The molecule has 110 valence electrons. The third-order valence-electron chi connectivity index (χ3n) is 3.46. The molecule has 0 aromatic heterocycles. The summed E-state index contributed by atoms with van der Waals surface area (Å²) in [5.41, 5.74) is 10.1. The second-order valence-corrected chi connectivity index (χ2v) is 5.34. The maximum Gasteiger partial charge on any atom is 0.200 e. The highest BCUT2D eigenvalue weighted by molar-refractivity contribution is 6.33. The van der Waals surface area contributed by atoms with E-state index in [9.17, 15) is 0 Å². The molecule has 0 heterocycles. The molecule has 0 unspecified atom stereocenters. The fraction of sp³-hybridized carbons (Fsp3) is 0.235. The standard InChI is InChI=1S/C17H20ClN3/c1-4-13-8-6-9-14(11-13)21(3)17(19)20-15-10-5-7-12(2)16(15)18/h5-11H,4H2,1-3H3,(H2,19,20). The maximum atomic E-state index is 6.25. The first-order chi connectivity index (χ1) is 10.0. The van der Waals surface area contributed by atoms with Gasteiger partial charge in [-0.05, 0) is 42.7 Å². The van der Waals surface area contributed by atoms with E-state index in [0.717, 1.165) is 17.7 Å². The van der Waals surface area contributed by atoms with E-state index in [-0.39, 0.29) is 0 Å². The van der Waals surface area contributed by atoms with Gasteiger partial charge in [0.25, 0.3) is 0 Å². The summed E-state index contributed by atoms with van der Waals surface area (Å²) in [5.74, 6) is 0.413. The molecule has 0 radical (unpaired) electrons. The highest BCUT2D eigenvalue weighted by atomic mass is 35.5. The minimum absolute atomic E-state index is 0.413. The Morgan fingerprint density at radius 2 is 1.95 bits per heavy atom. The zero-order valence-corrected chi connectivity index (χ0v) is 13.4. The minimum Gasteiger partial charge on any atom is -0.369 e. The van der Waals surface area contributed by atoms with Crippen molar-refractivity contribution in [3.8, 4) is 0 Å². The van der Waals surface area contributed by atoms with E-state index in [1.165, 1.54) is 5.56 Å². The lowest BCUT2D eigenvalue weighted by atomic mass is 10.1. The zero-order valence-electron chi connectivity index (χ0n) is 12.6. The number of aryl methyl sites for hydroxylation is 2. The molecular weight excluding hydrogens is 282 g/mol. The number of guanidine groups is 1. The lowest BCUT2D eigenvalue weighted by Crippen LogP contribution is -2.33. The van der Waals surface area contributed by atoms with Crippen molar-refractivity contribution in [3.63, 3.8) is 0 Å². The van der Waals surface area contributed by atoms with Crippen molar-refractivity contribution >= 4 is 28.9 Å². The summed E-state index contributed by atoms with van der Waals surface area (Å²) >= 11 is 6.25. The van der Waals surface area contributed by atoms with E-state index in [1.807, 2.05) is 49.2 Å². The highest BCUT2D eigenvalue weighted by Gasteiger charge is 2.08. The van der Waals surface area contributed by atoms with Crippen LogP contribution in [0.25, 0.3) is 0 Å². The third-order valence-corrected chi connectivity index (χ3v) is 3.95. The fourth-order valence-corrected chi connectivity index (χ4v) is 2.20. The van der Waals surface area contributed by atoms with Crippen molar-refractivity contribution < 1.29 is 0 Å². The molecule has 0 aliphatic carbocycles. The molecule has 0 spiro atoms. The van der Waals surface area contributed by atoms with Gasteiger partial charge in [-0.25, -0.2) is 4.99 Å². The molecule has 0 saturated heterocycles. The Morgan fingerprint density at radius 3 is 2.67 bits per heavy atom. The summed E-state index contributed by atoms with van der Waals surface area (Å²) in [7, 11) is 1.90. The Labute approximate surface area is 131 Å². The van der Waals surface area contributed by atoms with Crippen LogP contribution < -0.4 is 10.6 Å². The Hall–Kier alpha value is -2.00. The minimum atomic E-state index is 0.413. The van der Waals surface area contributed by atoms with Crippen LogP contribution >= 0.6 is 11.6 Å². The highest BCUT2D eigenvalue weighted by Crippen LogP contribution is 2.28. The molecule has 0 amide bonds. The van der Waals surface area contributed by atoms with E-state index in [2.05, 4.69) is 24.0 Å². The lowest BCUT2D eigenvalue weighted by Gasteiger charge is -2.19. The van der Waals surface area contributed by atoms with Crippen LogP contribution in [0.2, 0.25) is 5.02 Å². The van der Waals surface area contributed by atoms with Crippen LogP contribution in [0.5, 0.6) is 0 Å². The average molecular weight is 302 g/mol. The molecule has 2 aromatic carbocycles. The second kappa shape index (κ2) is 6.64. The zero-order chi connectivity index (χ0) is 15.4. The van der Waals surface area contributed by atoms with Gasteiger partial charge in [-0.3, -0.25) is 0 Å². The van der Waals surface area contributed by atoms with Gasteiger partial charge in [0.05, 0.1) is 10.7 Å². The van der Waals surface area contributed by atoms with Crippen molar-refractivity contribution in [2.45, 2.75) is 20.3 Å². The molecule has 2 rings (SSSR count). The van der Waals surface area contributed by atoms with E-state index in [0.29, 0.717) is 16.7 Å². The van der Waals surface area contributed by atoms with Gasteiger partial charge in [0.1, 0.15) is 0 Å². The van der Waals surface area contributed by atoms with Crippen molar-refractivity contribution in [2.24, 2.45) is 10.7 Å². The normalized spacial score (nSPS) is 11.5. The van der Waals surface area contributed by atoms with Gasteiger partial charge < -0.3 is 10.6 Å². The van der Waals surface area contributed by atoms with Crippen molar-refractivity contribution in [1.29, 1.82) is 0 Å². The van der Waals surface area contributed by atoms with Crippen LogP contribution in [-0.4, -0.2) is 13.0 Å². The number of hydrogen-bond donors (Lipinski definition) is 1. The van der Waals surface area contributed by atoms with Gasteiger partial charge in [-0.1, -0.05) is 42.8 Å². The molecule has 2 aromatic rings. The predicted molar refractivity (Wildman–Crippen MR) is 91.7 cm³/mol. The first-order valence-electron chi connectivity index (χ1n) is 6.95. The molecule has 2 N–H and O–H groups in total. The van der Waals surface area contributed by atoms with E-state index in [1.54, 1.807) is 0 Å². The SMILES string of the molecule is CCc1cccc(N(C)C(N)=Nc2cccc(C)c2Cl)c1. The van der Waals surface area contributed by atoms with Crippen LogP contribution in [0.15, 0.2) is 47.5 Å². The molecule has 21 heavy (non-hydrogen) atoms. The molecule has 0 saturated carbocycles. The average Bonchev–Trinajstić information content (AvgIpc) is 2.51. The smallest absolute Gasteiger partial charge is 0.200 e.